The lowest BCUT2D eigenvalue weighted by atomic mass is 10.1. The summed E-state index contributed by atoms with van der Waals surface area (Å²) in [6.45, 7) is 4.46. The van der Waals surface area contributed by atoms with Gasteiger partial charge in [0.15, 0.2) is 0 Å². The Balaban J connectivity index is 1.61. The zero-order chi connectivity index (χ0) is 22.9. The fraction of sp³-hybridized carbons (Fsp3) is 0.400. The van der Waals surface area contributed by atoms with Gasteiger partial charge >= 0.3 is 0 Å². The fourth-order valence-electron chi connectivity index (χ4n) is 3.92. The first-order chi connectivity index (χ1) is 16.2. The van der Waals surface area contributed by atoms with Crippen LogP contribution in [0.1, 0.15) is 11.3 Å². The second-order valence-corrected chi connectivity index (χ2v) is 7.90. The molecule has 0 unspecified atom stereocenters. The summed E-state index contributed by atoms with van der Waals surface area (Å²) in [7, 11) is 0. The number of hydrogen-bond donors (Lipinski definition) is 1. The molecule has 0 amide bonds. The van der Waals surface area contributed by atoms with Crippen LogP contribution in [0.4, 0.5) is 5.88 Å². The summed E-state index contributed by atoms with van der Waals surface area (Å²) < 4.78 is 22.3. The third-order valence-electron chi connectivity index (χ3n) is 5.42. The molecular weight excluding hydrogens is 422 g/mol. The smallest absolute Gasteiger partial charge is 0.232 e. The molecule has 2 aromatic heterocycles. The summed E-state index contributed by atoms with van der Waals surface area (Å²) in [5.74, 6) is 3.96. The van der Waals surface area contributed by atoms with E-state index in [-0.39, 0.29) is 13.2 Å². The lowest BCUT2D eigenvalue weighted by molar-refractivity contribution is 0.0230. The van der Waals surface area contributed by atoms with Gasteiger partial charge in [-0.15, -0.1) is 6.42 Å². The van der Waals surface area contributed by atoms with Crippen LogP contribution in [0.3, 0.4) is 0 Å². The van der Waals surface area contributed by atoms with Crippen LogP contribution in [0.15, 0.2) is 57.7 Å². The maximum atomic E-state index is 10.6. The van der Waals surface area contributed by atoms with Crippen LogP contribution < -0.4 is 4.90 Å². The van der Waals surface area contributed by atoms with Crippen molar-refractivity contribution in [1.82, 2.24) is 10.1 Å². The summed E-state index contributed by atoms with van der Waals surface area (Å²) in [5, 5.41) is 15.0. The van der Waals surface area contributed by atoms with Gasteiger partial charge in [0.05, 0.1) is 44.3 Å². The number of morpholine rings is 1. The van der Waals surface area contributed by atoms with Gasteiger partial charge in [0, 0.05) is 31.7 Å². The van der Waals surface area contributed by atoms with Gasteiger partial charge in [0.2, 0.25) is 5.88 Å². The van der Waals surface area contributed by atoms with E-state index in [1.807, 2.05) is 42.5 Å². The highest BCUT2D eigenvalue weighted by Crippen LogP contribution is 2.33. The van der Waals surface area contributed by atoms with E-state index in [4.69, 9.17) is 24.8 Å². The number of aliphatic hydroxyl groups is 1. The number of rotatable bonds is 11. The molecule has 33 heavy (non-hydrogen) atoms. The number of ether oxygens (including phenoxy) is 2. The Labute approximate surface area is 193 Å². The molecule has 1 atom stereocenters. The predicted octanol–water partition coefficient (Wildman–Crippen LogP) is 2.78. The quantitative estimate of drug-likeness (QED) is 0.352. The minimum atomic E-state index is -0.708. The highest BCUT2D eigenvalue weighted by Gasteiger charge is 2.26. The Morgan fingerprint density at radius 3 is 2.70 bits per heavy atom. The van der Waals surface area contributed by atoms with Crippen LogP contribution in [-0.2, 0) is 22.6 Å². The number of nitrogens with zero attached hydrogens (tertiary/aromatic N) is 3. The number of anilines is 1. The number of terminal acetylenes is 1. The Hall–Kier alpha value is -3.09. The van der Waals surface area contributed by atoms with E-state index >= 15 is 0 Å². The standard InChI is InChI=1S/C25H29N3O5/c1-2-12-31-19-21(29)16-27(17-22-9-6-13-32-22)18-23-24(20-7-4-3-5-8-20)26-33-25(23)28-10-14-30-15-11-28/h1,3-9,13,21,29H,10-12,14-19H2/t21-/m1/s1. The molecule has 3 heterocycles. The van der Waals surface area contributed by atoms with E-state index in [1.54, 1.807) is 6.26 Å². The fourth-order valence-corrected chi connectivity index (χ4v) is 3.92. The van der Waals surface area contributed by atoms with E-state index in [9.17, 15) is 5.11 Å². The average Bonchev–Trinajstić information content (AvgIpc) is 3.50. The number of aromatic nitrogens is 1. The van der Waals surface area contributed by atoms with Crippen molar-refractivity contribution in [1.29, 1.82) is 0 Å². The van der Waals surface area contributed by atoms with Crippen molar-refractivity contribution >= 4 is 5.88 Å². The molecule has 3 aromatic rings. The molecule has 1 N–H and O–H groups in total. The second kappa shape index (κ2) is 11.7. The maximum absolute atomic E-state index is 10.6. The van der Waals surface area contributed by atoms with Crippen LogP contribution >= 0.6 is 0 Å². The first kappa shape index (κ1) is 23.1. The molecular formula is C25H29N3O5. The lowest BCUT2D eigenvalue weighted by Gasteiger charge is -2.29. The molecule has 4 rings (SSSR count). The predicted molar refractivity (Wildman–Crippen MR) is 123 cm³/mol. The normalized spacial score (nSPS) is 15.0. The summed E-state index contributed by atoms with van der Waals surface area (Å²) in [6, 6.07) is 13.7. The van der Waals surface area contributed by atoms with Crippen molar-refractivity contribution in [2.24, 2.45) is 0 Å². The SMILES string of the molecule is C#CCOC[C@H](O)CN(Cc1ccco1)Cc1c(-c2ccccc2)noc1N1CCOCC1. The molecule has 0 radical (unpaired) electrons. The number of benzene rings is 1. The summed E-state index contributed by atoms with van der Waals surface area (Å²) >= 11 is 0. The van der Waals surface area contributed by atoms with Crippen molar-refractivity contribution in [2.75, 3.05) is 51.0 Å². The monoisotopic (exact) mass is 451 g/mol. The number of furan rings is 1. The van der Waals surface area contributed by atoms with Crippen molar-refractivity contribution < 1.29 is 23.5 Å². The molecule has 0 saturated carbocycles. The van der Waals surface area contributed by atoms with Crippen LogP contribution in [0.2, 0.25) is 0 Å². The number of hydrogen-bond acceptors (Lipinski definition) is 8. The van der Waals surface area contributed by atoms with Crippen molar-refractivity contribution in [2.45, 2.75) is 19.2 Å². The van der Waals surface area contributed by atoms with E-state index < -0.39 is 6.10 Å². The Morgan fingerprint density at radius 1 is 1.15 bits per heavy atom. The third-order valence-corrected chi connectivity index (χ3v) is 5.42. The zero-order valence-electron chi connectivity index (χ0n) is 18.6. The molecule has 1 fully saturated rings. The van der Waals surface area contributed by atoms with Crippen molar-refractivity contribution in [3.63, 3.8) is 0 Å². The van der Waals surface area contributed by atoms with Crippen molar-refractivity contribution in [3.8, 4) is 23.6 Å². The highest BCUT2D eigenvalue weighted by atomic mass is 16.5. The van der Waals surface area contributed by atoms with Gasteiger partial charge in [-0.05, 0) is 12.1 Å². The molecule has 8 heteroatoms. The van der Waals surface area contributed by atoms with E-state index in [0.717, 1.165) is 41.6 Å². The zero-order valence-corrected chi connectivity index (χ0v) is 18.6. The van der Waals surface area contributed by atoms with Gasteiger partial charge in [-0.1, -0.05) is 41.4 Å². The first-order valence-corrected chi connectivity index (χ1v) is 11.0. The Kier molecular flexibility index (Phi) is 8.17. The Bertz CT molecular complexity index is 1010. The molecule has 1 saturated heterocycles. The minimum absolute atomic E-state index is 0.157. The minimum Gasteiger partial charge on any atom is -0.468 e. The van der Waals surface area contributed by atoms with E-state index in [1.165, 1.54) is 0 Å². The molecule has 1 aliphatic heterocycles. The van der Waals surface area contributed by atoms with Crippen LogP contribution in [0, 0.1) is 12.3 Å². The van der Waals surface area contributed by atoms with Gasteiger partial charge in [0.25, 0.3) is 0 Å². The second-order valence-electron chi connectivity index (χ2n) is 7.90. The largest absolute Gasteiger partial charge is 0.468 e. The van der Waals surface area contributed by atoms with Gasteiger partial charge in [-0.3, -0.25) is 4.90 Å². The molecule has 8 nitrogen and oxygen atoms in total. The van der Waals surface area contributed by atoms with Crippen molar-refractivity contribution in [3.05, 3.63) is 60.1 Å². The van der Waals surface area contributed by atoms with Crippen LogP contribution in [0.5, 0.6) is 0 Å². The molecule has 0 aliphatic carbocycles. The summed E-state index contributed by atoms with van der Waals surface area (Å²) in [6.07, 6.45) is 6.18. The topological polar surface area (TPSA) is 84.3 Å². The van der Waals surface area contributed by atoms with Crippen LogP contribution in [0.25, 0.3) is 11.3 Å². The molecule has 1 aromatic carbocycles. The summed E-state index contributed by atoms with van der Waals surface area (Å²) in [4.78, 5) is 4.27. The van der Waals surface area contributed by atoms with Gasteiger partial charge in [0.1, 0.15) is 18.1 Å². The van der Waals surface area contributed by atoms with Gasteiger partial charge < -0.3 is 28.4 Å². The first-order valence-electron chi connectivity index (χ1n) is 11.0. The van der Waals surface area contributed by atoms with Crippen LogP contribution in [-0.4, -0.2) is 67.3 Å². The highest BCUT2D eigenvalue weighted by molar-refractivity contribution is 5.68. The Morgan fingerprint density at radius 2 is 1.97 bits per heavy atom. The van der Waals surface area contributed by atoms with E-state index in [0.29, 0.717) is 32.8 Å². The number of aliphatic hydroxyl groups excluding tert-OH is 1. The lowest BCUT2D eigenvalue weighted by Crippen LogP contribution is -2.38. The average molecular weight is 452 g/mol. The molecule has 0 bridgehead atoms. The third kappa shape index (κ3) is 6.24. The maximum Gasteiger partial charge on any atom is 0.232 e. The van der Waals surface area contributed by atoms with Gasteiger partial charge in [-0.25, -0.2) is 0 Å². The molecule has 174 valence electrons. The van der Waals surface area contributed by atoms with E-state index in [2.05, 4.69) is 20.9 Å². The molecule has 1 aliphatic rings. The molecule has 0 spiro atoms. The summed E-state index contributed by atoms with van der Waals surface area (Å²) in [5.41, 5.74) is 2.73. The van der Waals surface area contributed by atoms with Gasteiger partial charge in [-0.2, -0.15) is 0 Å².